The van der Waals surface area contributed by atoms with Gasteiger partial charge in [0.05, 0.1) is 12.6 Å². The van der Waals surface area contributed by atoms with Crippen molar-refractivity contribution in [3.8, 4) is 11.5 Å². The van der Waals surface area contributed by atoms with Gasteiger partial charge in [-0.15, -0.1) is 0 Å². The van der Waals surface area contributed by atoms with E-state index in [1.54, 1.807) is 31.2 Å². The normalized spacial score (nSPS) is 16.3. The van der Waals surface area contributed by atoms with Crippen LogP contribution in [0.3, 0.4) is 0 Å². The maximum Gasteiger partial charge on any atom is 0.344 e. The number of esters is 1. The van der Waals surface area contributed by atoms with Crippen molar-refractivity contribution in [3.63, 3.8) is 0 Å². The SMILES string of the molecule is CCOc1ccc(OCC(=O)O[C@@H](C)C(=O)N[C@H]2CCCc3ccccc32)cc1. The molecule has 0 spiro atoms. The number of carbonyl (C=O) groups is 2. The van der Waals surface area contributed by atoms with Crippen molar-refractivity contribution < 1.29 is 23.8 Å². The number of hydrogen-bond acceptors (Lipinski definition) is 5. The summed E-state index contributed by atoms with van der Waals surface area (Å²) in [5.74, 6) is 0.366. The Hall–Kier alpha value is -3.02. The number of ether oxygens (including phenoxy) is 3. The molecule has 0 aromatic heterocycles. The highest BCUT2D eigenvalue weighted by Gasteiger charge is 2.25. The molecule has 0 saturated carbocycles. The molecule has 1 aliphatic rings. The van der Waals surface area contributed by atoms with Crippen molar-refractivity contribution in [3.05, 3.63) is 59.7 Å². The monoisotopic (exact) mass is 397 g/mol. The molecular formula is C23H27NO5. The smallest absolute Gasteiger partial charge is 0.344 e. The van der Waals surface area contributed by atoms with Crippen LogP contribution >= 0.6 is 0 Å². The second kappa shape index (κ2) is 9.96. The molecule has 1 aliphatic carbocycles. The van der Waals surface area contributed by atoms with Crippen LogP contribution < -0.4 is 14.8 Å². The molecule has 0 fully saturated rings. The Labute approximate surface area is 171 Å². The number of rotatable bonds is 8. The van der Waals surface area contributed by atoms with Crippen molar-refractivity contribution in [2.45, 2.75) is 45.3 Å². The van der Waals surface area contributed by atoms with E-state index in [0.717, 1.165) is 30.6 Å². The van der Waals surface area contributed by atoms with Gasteiger partial charge in [0.15, 0.2) is 12.7 Å². The van der Waals surface area contributed by atoms with Crippen LogP contribution in [0.15, 0.2) is 48.5 Å². The molecule has 0 unspecified atom stereocenters. The number of nitrogens with one attached hydrogen (secondary N) is 1. The average molecular weight is 397 g/mol. The molecule has 0 bridgehead atoms. The number of hydrogen-bond donors (Lipinski definition) is 1. The van der Waals surface area contributed by atoms with Crippen molar-refractivity contribution in [2.75, 3.05) is 13.2 Å². The number of amides is 1. The lowest BCUT2D eigenvalue weighted by Crippen LogP contribution is -2.39. The summed E-state index contributed by atoms with van der Waals surface area (Å²) in [7, 11) is 0. The van der Waals surface area contributed by atoms with Gasteiger partial charge in [-0.3, -0.25) is 4.79 Å². The molecule has 154 valence electrons. The molecule has 2 aromatic rings. The van der Waals surface area contributed by atoms with Gasteiger partial charge in [0.25, 0.3) is 5.91 Å². The molecule has 0 aliphatic heterocycles. The molecule has 3 rings (SSSR count). The quantitative estimate of drug-likeness (QED) is 0.689. The summed E-state index contributed by atoms with van der Waals surface area (Å²) in [4.78, 5) is 24.5. The van der Waals surface area contributed by atoms with Crippen LogP contribution in [-0.4, -0.2) is 31.2 Å². The Morgan fingerprint density at radius 1 is 1.07 bits per heavy atom. The highest BCUT2D eigenvalue weighted by Crippen LogP contribution is 2.29. The summed E-state index contributed by atoms with van der Waals surface area (Å²) in [6, 6.07) is 15.0. The summed E-state index contributed by atoms with van der Waals surface area (Å²) in [6.07, 6.45) is 2.03. The van der Waals surface area contributed by atoms with Crippen LogP contribution in [-0.2, 0) is 20.7 Å². The fourth-order valence-corrected chi connectivity index (χ4v) is 3.42. The topological polar surface area (TPSA) is 73.9 Å². The van der Waals surface area contributed by atoms with E-state index >= 15 is 0 Å². The lowest BCUT2D eigenvalue weighted by Gasteiger charge is -2.27. The first kappa shape index (κ1) is 20.7. The van der Waals surface area contributed by atoms with E-state index in [9.17, 15) is 9.59 Å². The zero-order valence-electron chi connectivity index (χ0n) is 16.9. The minimum Gasteiger partial charge on any atom is -0.494 e. The zero-order chi connectivity index (χ0) is 20.6. The predicted molar refractivity (Wildman–Crippen MR) is 109 cm³/mol. The zero-order valence-corrected chi connectivity index (χ0v) is 16.9. The van der Waals surface area contributed by atoms with E-state index in [-0.39, 0.29) is 18.6 Å². The van der Waals surface area contributed by atoms with Crippen molar-refractivity contribution in [1.82, 2.24) is 5.32 Å². The van der Waals surface area contributed by atoms with E-state index in [0.29, 0.717) is 12.4 Å². The number of aryl methyl sites for hydroxylation is 1. The van der Waals surface area contributed by atoms with Crippen LogP contribution in [0, 0.1) is 0 Å². The van der Waals surface area contributed by atoms with Gasteiger partial charge in [0, 0.05) is 0 Å². The first-order valence-corrected chi connectivity index (χ1v) is 10.00. The summed E-state index contributed by atoms with van der Waals surface area (Å²) in [5.41, 5.74) is 2.40. The lowest BCUT2D eigenvalue weighted by atomic mass is 9.87. The maximum absolute atomic E-state index is 12.5. The van der Waals surface area contributed by atoms with E-state index in [1.807, 2.05) is 25.1 Å². The Balaban J connectivity index is 1.46. The van der Waals surface area contributed by atoms with Gasteiger partial charge in [-0.25, -0.2) is 4.79 Å². The molecular weight excluding hydrogens is 370 g/mol. The predicted octanol–water partition coefficient (Wildman–Crippen LogP) is 3.59. The molecule has 1 N–H and O–H groups in total. The maximum atomic E-state index is 12.5. The first-order valence-electron chi connectivity index (χ1n) is 10.00. The van der Waals surface area contributed by atoms with Gasteiger partial charge in [0.2, 0.25) is 0 Å². The highest BCUT2D eigenvalue weighted by atomic mass is 16.6. The standard InChI is InChI=1S/C23H27NO5/c1-3-27-18-11-13-19(14-12-18)28-15-22(25)29-16(2)23(26)24-21-10-6-8-17-7-4-5-9-20(17)21/h4-5,7,9,11-14,16,21H,3,6,8,10,15H2,1-2H3,(H,24,26)/t16-,21-/m0/s1. The molecule has 2 atom stereocenters. The van der Waals surface area contributed by atoms with Gasteiger partial charge < -0.3 is 19.5 Å². The number of carbonyl (C=O) groups excluding carboxylic acids is 2. The Bertz CT molecular complexity index is 833. The third-order valence-electron chi connectivity index (χ3n) is 4.85. The molecule has 6 nitrogen and oxygen atoms in total. The van der Waals surface area contributed by atoms with Gasteiger partial charge in [-0.05, 0) is 68.5 Å². The van der Waals surface area contributed by atoms with Gasteiger partial charge in [0.1, 0.15) is 11.5 Å². The van der Waals surface area contributed by atoms with Crippen molar-refractivity contribution in [2.24, 2.45) is 0 Å². The fraction of sp³-hybridized carbons (Fsp3) is 0.391. The number of benzene rings is 2. The van der Waals surface area contributed by atoms with Crippen LogP contribution in [0.1, 0.15) is 43.9 Å². The molecule has 6 heteroatoms. The highest BCUT2D eigenvalue weighted by molar-refractivity contribution is 5.84. The molecule has 0 radical (unpaired) electrons. The largest absolute Gasteiger partial charge is 0.494 e. The summed E-state index contributed by atoms with van der Waals surface area (Å²) in [5, 5.41) is 3.00. The lowest BCUT2D eigenvalue weighted by molar-refractivity contribution is -0.156. The average Bonchev–Trinajstić information content (AvgIpc) is 2.73. The molecule has 0 heterocycles. The second-order valence-electron chi connectivity index (χ2n) is 6.98. The van der Waals surface area contributed by atoms with Gasteiger partial charge >= 0.3 is 5.97 Å². The van der Waals surface area contributed by atoms with Gasteiger partial charge in [-0.2, -0.15) is 0 Å². The minimum absolute atomic E-state index is 0.0475. The van der Waals surface area contributed by atoms with Crippen LogP contribution in [0.25, 0.3) is 0 Å². The summed E-state index contributed by atoms with van der Waals surface area (Å²) < 4.78 is 16.0. The Morgan fingerprint density at radius 3 is 2.48 bits per heavy atom. The molecule has 2 aromatic carbocycles. The van der Waals surface area contributed by atoms with Crippen LogP contribution in [0.5, 0.6) is 11.5 Å². The molecule has 29 heavy (non-hydrogen) atoms. The van der Waals surface area contributed by atoms with Crippen LogP contribution in [0.4, 0.5) is 0 Å². The Kier molecular flexibility index (Phi) is 7.11. The second-order valence-corrected chi connectivity index (χ2v) is 6.98. The van der Waals surface area contributed by atoms with Crippen molar-refractivity contribution >= 4 is 11.9 Å². The fourth-order valence-electron chi connectivity index (χ4n) is 3.42. The van der Waals surface area contributed by atoms with E-state index in [2.05, 4.69) is 11.4 Å². The first-order chi connectivity index (χ1) is 14.1. The molecule has 1 amide bonds. The van der Waals surface area contributed by atoms with E-state index in [4.69, 9.17) is 14.2 Å². The van der Waals surface area contributed by atoms with Gasteiger partial charge in [-0.1, -0.05) is 24.3 Å². The minimum atomic E-state index is -0.888. The third kappa shape index (κ3) is 5.73. The Morgan fingerprint density at radius 2 is 1.76 bits per heavy atom. The van der Waals surface area contributed by atoms with Crippen LogP contribution in [0.2, 0.25) is 0 Å². The van der Waals surface area contributed by atoms with Crippen molar-refractivity contribution in [1.29, 1.82) is 0 Å². The van der Waals surface area contributed by atoms with E-state index in [1.165, 1.54) is 5.56 Å². The van der Waals surface area contributed by atoms with E-state index < -0.39 is 12.1 Å². The summed E-state index contributed by atoms with van der Waals surface area (Å²) >= 11 is 0. The number of fused-ring (bicyclic) bond motifs is 1. The molecule has 0 saturated heterocycles. The summed E-state index contributed by atoms with van der Waals surface area (Å²) in [6.45, 7) is 3.79. The third-order valence-corrected chi connectivity index (χ3v) is 4.85.